The first kappa shape index (κ1) is 19.2. The Morgan fingerprint density at radius 1 is 1.19 bits per heavy atom. The van der Waals surface area contributed by atoms with E-state index in [4.69, 9.17) is 4.52 Å². The second-order valence-electron chi connectivity index (χ2n) is 6.11. The van der Waals surface area contributed by atoms with E-state index in [-0.39, 0.29) is 16.6 Å². The van der Waals surface area contributed by atoms with Crippen LogP contribution in [0.4, 0.5) is 0 Å². The van der Waals surface area contributed by atoms with Gasteiger partial charge in [-0.2, -0.15) is 9.29 Å². The summed E-state index contributed by atoms with van der Waals surface area (Å²) in [5, 5.41) is 3.96. The molecular formula is C17H18BrN3O3S2. The van der Waals surface area contributed by atoms with Crippen molar-refractivity contribution in [2.24, 2.45) is 0 Å². The summed E-state index contributed by atoms with van der Waals surface area (Å²) >= 11 is 4.44. The number of sulfonamides is 1. The molecule has 0 N–H and O–H groups in total. The molecule has 0 amide bonds. The second kappa shape index (κ2) is 7.59. The van der Waals surface area contributed by atoms with Gasteiger partial charge in [0.25, 0.3) is 10.0 Å². The Kier molecular flexibility index (Phi) is 5.61. The number of hydrogen-bond donors (Lipinski definition) is 0. The zero-order chi connectivity index (χ0) is 18.9. The number of thiophene rings is 1. The first-order valence-corrected chi connectivity index (χ1v) is 11.0. The second-order valence-corrected chi connectivity index (χ2v) is 10.8. The molecule has 0 atom stereocenters. The van der Waals surface area contributed by atoms with E-state index in [2.05, 4.69) is 39.9 Å². The molecule has 0 bridgehead atoms. The highest BCUT2D eigenvalue weighted by atomic mass is 79.9. The van der Waals surface area contributed by atoms with Crippen molar-refractivity contribution in [3.05, 3.63) is 51.6 Å². The molecule has 3 aromatic rings. The van der Waals surface area contributed by atoms with Crippen LogP contribution in [0.2, 0.25) is 0 Å². The lowest BCUT2D eigenvalue weighted by Gasteiger charge is -2.13. The molecule has 0 saturated heterocycles. The van der Waals surface area contributed by atoms with E-state index in [0.29, 0.717) is 11.7 Å². The fourth-order valence-electron chi connectivity index (χ4n) is 2.32. The summed E-state index contributed by atoms with van der Waals surface area (Å²) in [6, 6.07) is 11.2. The van der Waals surface area contributed by atoms with Gasteiger partial charge in [0.1, 0.15) is 4.21 Å². The number of aromatic nitrogens is 2. The molecule has 26 heavy (non-hydrogen) atoms. The smallest absolute Gasteiger partial charge is 0.252 e. The topological polar surface area (TPSA) is 76.3 Å². The standard InChI is InChI=1S/C17H18BrN3O3S2/c1-11(2)12-4-6-13(7-5-12)17-19-15(24-20-17)10-21(3)26(22,23)16-9-8-14(18)25-16/h4-9,11H,10H2,1-3H3. The van der Waals surface area contributed by atoms with Crippen LogP contribution in [-0.4, -0.2) is 29.9 Å². The van der Waals surface area contributed by atoms with Gasteiger partial charge in [-0.15, -0.1) is 11.3 Å². The van der Waals surface area contributed by atoms with Crippen LogP contribution in [0.25, 0.3) is 11.4 Å². The van der Waals surface area contributed by atoms with Gasteiger partial charge in [0.05, 0.1) is 10.3 Å². The summed E-state index contributed by atoms with van der Waals surface area (Å²) in [5.74, 6) is 1.13. The van der Waals surface area contributed by atoms with E-state index in [9.17, 15) is 8.42 Å². The fourth-order valence-corrected chi connectivity index (χ4v) is 5.66. The van der Waals surface area contributed by atoms with E-state index in [1.165, 1.54) is 16.9 Å². The average Bonchev–Trinajstić information content (AvgIpc) is 3.24. The van der Waals surface area contributed by atoms with Crippen LogP contribution in [0.15, 0.2) is 48.9 Å². The van der Waals surface area contributed by atoms with E-state index >= 15 is 0 Å². The third-order valence-electron chi connectivity index (χ3n) is 3.87. The summed E-state index contributed by atoms with van der Waals surface area (Å²) < 4.78 is 32.6. The summed E-state index contributed by atoms with van der Waals surface area (Å²) in [7, 11) is -2.10. The first-order chi connectivity index (χ1) is 12.3. The Balaban J connectivity index is 1.75. The Labute approximate surface area is 165 Å². The molecule has 2 heterocycles. The lowest BCUT2D eigenvalue weighted by molar-refractivity contribution is 0.337. The van der Waals surface area contributed by atoms with Crippen LogP contribution < -0.4 is 0 Å². The van der Waals surface area contributed by atoms with Crippen molar-refractivity contribution in [3.8, 4) is 11.4 Å². The maximum absolute atomic E-state index is 12.6. The Morgan fingerprint density at radius 3 is 2.46 bits per heavy atom. The number of hydrogen-bond acceptors (Lipinski definition) is 6. The van der Waals surface area contributed by atoms with E-state index in [1.807, 2.05) is 24.3 Å². The molecule has 0 aliphatic carbocycles. The molecule has 138 valence electrons. The molecule has 3 rings (SSSR count). The molecule has 1 aromatic carbocycles. The molecule has 9 heteroatoms. The zero-order valence-corrected chi connectivity index (χ0v) is 17.7. The predicted molar refractivity (Wildman–Crippen MR) is 104 cm³/mol. The zero-order valence-electron chi connectivity index (χ0n) is 14.5. The fraction of sp³-hybridized carbons (Fsp3) is 0.294. The van der Waals surface area contributed by atoms with Gasteiger partial charge in [0.15, 0.2) is 0 Å². The van der Waals surface area contributed by atoms with Crippen molar-refractivity contribution in [2.75, 3.05) is 7.05 Å². The van der Waals surface area contributed by atoms with Gasteiger partial charge in [-0.3, -0.25) is 0 Å². The van der Waals surface area contributed by atoms with Crippen molar-refractivity contribution in [2.45, 2.75) is 30.5 Å². The molecular weight excluding hydrogens is 438 g/mol. The average molecular weight is 456 g/mol. The van der Waals surface area contributed by atoms with Crippen molar-refractivity contribution >= 4 is 37.3 Å². The van der Waals surface area contributed by atoms with Crippen LogP contribution in [0.3, 0.4) is 0 Å². The molecule has 0 unspecified atom stereocenters. The van der Waals surface area contributed by atoms with Crippen LogP contribution in [0, 0.1) is 0 Å². The molecule has 0 saturated carbocycles. The van der Waals surface area contributed by atoms with E-state index in [0.717, 1.165) is 20.7 Å². The SMILES string of the molecule is CC(C)c1ccc(-c2noc(CN(C)S(=O)(=O)c3ccc(Br)s3)n2)cc1. The maximum Gasteiger partial charge on any atom is 0.252 e. The Bertz CT molecular complexity index is 994. The molecule has 0 radical (unpaired) electrons. The van der Waals surface area contributed by atoms with Gasteiger partial charge in [0.2, 0.25) is 11.7 Å². The highest BCUT2D eigenvalue weighted by Crippen LogP contribution is 2.28. The first-order valence-electron chi connectivity index (χ1n) is 7.92. The summed E-state index contributed by atoms with van der Waals surface area (Å²) in [4.78, 5) is 4.32. The molecule has 0 fully saturated rings. The van der Waals surface area contributed by atoms with Gasteiger partial charge in [-0.25, -0.2) is 8.42 Å². The van der Waals surface area contributed by atoms with E-state index < -0.39 is 10.0 Å². The molecule has 0 spiro atoms. The van der Waals surface area contributed by atoms with Crippen LogP contribution in [0.5, 0.6) is 0 Å². The quantitative estimate of drug-likeness (QED) is 0.546. The Morgan fingerprint density at radius 2 is 1.88 bits per heavy atom. The van der Waals surface area contributed by atoms with Gasteiger partial charge >= 0.3 is 0 Å². The third kappa shape index (κ3) is 4.06. The van der Waals surface area contributed by atoms with Crippen LogP contribution in [-0.2, 0) is 16.6 Å². The lowest BCUT2D eigenvalue weighted by atomic mass is 10.0. The minimum Gasteiger partial charge on any atom is -0.338 e. The molecule has 0 aliphatic rings. The van der Waals surface area contributed by atoms with Crippen molar-refractivity contribution in [1.82, 2.24) is 14.4 Å². The van der Waals surface area contributed by atoms with Crippen LogP contribution in [0.1, 0.15) is 31.2 Å². The summed E-state index contributed by atoms with van der Waals surface area (Å²) in [6.45, 7) is 4.27. The summed E-state index contributed by atoms with van der Waals surface area (Å²) in [6.07, 6.45) is 0. The van der Waals surface area contributed by atoms with Gasteiger partial charge in [-0.1, -0.05) is 43.3 Å². The number of nitrogens with zero attached hydrogens (tertiary/aromatic N) is 3. The van der Waals surface area contributed by atoms with Gasteiger partial charge in [-0.05, 0) is 39.5 Å². The Hall–Kier alpha value is -1.55. The summed E-state index contributed by atoms with van der Waals surface area (Å²) in [5.41, 5.74) is 2.06. The minimum absolute atomic E-state index is 0.00886. The van der Waals surface area contributed by atoms with Crippen molar-refractivity contribution in [3.63, 3.8) is 0 Å². The van der Waals surface area contributed by atoms with Crippen molar-refractivity contribution in [1.29, 1.82) is 0 Å². The van der Waals surface area contributed by atoms with Crippen molar-refractivity contribution < 1.29 is 12.9 Å². The highest BCUT2D eigenvalue weighted by molar-refractivity contribution is 9.11. The largest absolute Gasteiger partial charge is 0.338 e. The molecule has 6 nitrogen and oxygen atoms in total. The van der Waals surface area contributed by atoms with Crippen LogP contribution >= 0.6 is 27.3 Å². The monoisotopic (exact) mass is 455 g/mol. The number of rotatable bonds is 6. The predicted octanol–water partition coefficient (Wildman–Crippen LogP) is 4.50. The number of halogens is 1. The third-order valence-corrected chi connectivity index (χ3v) is 7.77. The normalized spacial score (nSPS) is 12.2. The van der Waals surface area contributed by atoms with Gasteiger partial charge in [0, 0.05) is 12.6 Å². The highest BCUT2D eigenvalue weighted by Gasteiger charge is 2.24. The van der Waals surface area contributed by atoms with Gasteiger partial charge < -0.3 is 4.52 Å². The minimum atomic E-state index is -3.59. The maximum atomic E-state index is 12.6. The molecule has 2 aromatic heterocycles. The molecule has 0 aliphatic heterocycles. The number of benzene rings is 1. The van der Waals surface area contributed by atoms with E-state index in [1.54, 1.807) is 12.1 Å². The lowest BCUT2D eigenvalue weighted by Crippen LogP contribution is -2.25.